The first-order chi connectivity index (χ1) is 15.5. The molecule has 0 radical (unpaired) electrons. The van der Waals surface area contributed by atoms with Gasteiger partial charge in [0.15, 0.2) is 5.72 Å². The van der Waals surface area contributed by atoms with E-state index in [0.29, 0.717) is 0 Å². The normalized spacial score (nSPS) is 22.9. The number of piperidine rings is 1. The van der Waals surface area contributed by atoms with Gasteiger partial charge >= 0.3 is 0 Å². The van der Waals surface area contributed by atoms with Crippen molar-refractivity contribution in [3.05, 3.63) is 96.1 Å². The molecule has 32 heavy (non-hydrogen) atoms. The minimum atomic E-state index is -0.310. The van der Waals surface area contributed by atoms with Gasteiger partial charge in [-0.15, -0.1) is 0 Å². The van der Waals surface area contributed by atoms with Crippen molar-refractivity contribution in [1.82, 2.24) is 10.4 Å². The van der Waals surface area contributed by atoms with Crippen molar-refractivity contribution in [2.45, 2.75) is 24.6 Å². The predicted molar refractivity (Wildman–Crippen MR) is 128 cm³/mol. The number of hydrogen-bond donors (Lipinski definition) is 1. The maximum Gasteiger partial charge on any atom is 0.191 e. The first-order valence-electron chi connectivity index (χ1n) is 11.6. The van der Waals surface area contributed by atoms with Crippen molar-refractivity contribution in [2.75, 3.05) is 27.2 Å². The Morgan fingerprint density at radius 3 is 2.19 bits per heavy atom. The van der Waals surface area contributed by atoms with E-state index in [1.54, 1.807) is 0 Å². The summed E-state index contributed by atoms with van der Waals surface area (Å²) < 4.78 is 7.80. The van der Waals surface area contributed by atoms with Crippen LogP contribution in [0.15, 0.2) is 84.9 Å². The summed E-state index contributed by atoms with van der Waals surface area (Å²) in [6.45, 7) is 2.21. The summed E-state index contributed by atoms with van der Waals surface area (Å²) in [5, 5.41) is 2.38. The third-order valence-electron chi connectivity index (χ3n) is 7.34. The number of nitrogens with zero attached hydrogens (tertiary/aromatic N) is 2. The summed E-state index contributed by atoms with van der Waals surface area (Å²) in [5.74, 6) is 1.03. The molecule has 1 saturated heterocycles. The maximum atomic E-state index is 6.75. The van der Waals surface area contributed by atoms with Gasteiger partial charge in [0.25, 0.3) is 0 Å². The summed E-state index contributed by atoms with van der Waals surface area (Å²) in [7, 11) is 4.63. The van der Waals surface area contributed by atoms with Crippen LogP contribution in [0, 0.1) is 0 Å². The number of likely N-dealkylation sites (tertiary alicyclic amines) is 1. The molecule has 3 aromatic rings. The number of nitrogens with one attached hydrogen (secondary N) is 1. The zero-order valence-electron chi connectivity index (χ0n) is 18.8. The lowest BCUT2D eigenvalue weighted by Crippen LogP contribution is -2.65. The van der Waals surface area contributed by atoms with Crippen LogP contribution in [-0.4, -0.2) is 42.4 Å². The minimum absolute atomic E-state index is 0.178. The van der Waals surface area contributed by atoms with E-state index < -0.39 is 0 Å². The predicted octanol–water partition coefficient (Wildman–Crippen LogP) is 5.21. The SMILES string of the molecule is C[N+]1(C)CCC2(CC1)Oc1ccccc1[C@@H]1C=C(c3ccc(-c4ccccc4)cc3)NN12. The molecule has 0 aliphatic carbocycles. The molecule has 1 fully saturated rings. The van der Waals surface area contributed by atoms with E-state index in [4.69, 9.17) is 4.74 Å². The van der Waals surface area contributed by atoms with Gasteiger partial charge in [-0.3, -0.25) is 0 Å². The number of benzene rings is 3. The average Bonchev–Trinajstić information content (AvgIpc) is 3.29. The Labute approximate surface area is 190 Å². The Morgan fingerprint density at radius 2 is 1.44 bits per heavy atom. The quantitative estimate of drug-likeness (QED) is 0.571. The second kappa shape index (κ2) is 7.22. The second-order valence-electron chi connectivity index (χ2n) is 9.92. The molecule has 3 heterocycles. The summed E-state index contributed by atoms with van der Waals surface area (Å²) in [5.41, 5.74) is 9.54. The molecule has 3 aliphatic rings. The topological polar surface area (TPSA) is 24.5 Å². The third-order valence-corrected chi connectivity index (χ3v) is 7.34. The van der Waals surface area contributed by atoms with E-state index >= 15 is 0 Å². The highest BCUT2D eigenvalue weighted by molar-refractivity contribution is 5.71. The maximum absolute atomic E-state index is 6.75. The molecule has 4 heteroatoms. The van der Waals surface area contributed by atoms with Gasteiger partial charge in [-0.2, -0.15) is 5.01 Å². The zero-order valence-corrected chi connectivity index (χ0v) is 18.8. The summed E-state index contributed by atoms with van der Waals surface area (Å²) in [4.78, 5) is 0. The van der Waals surface area contributed by atoms with Gasteiger partial charge in [0, 0.05) is 5.56 Å². The fourth-order valence-electron chi connectivity index (χ4n) is 5.29. The number of rotatable bonds is 2. The van der Waals surface area contributed by atoms with Crippen molar-refractivity contribution in [3.63, 3.8) is 0 Å². The van der Waals surface area contributed by atoms with Crippen LogP contribution in [0.3, 0.4) is 0 Å². The standard InChI is InChI=1S/C28H30N3O/c1-31(2)18-16-28(17-19-31)30-26(24-10-6-7-11-27(24)32-28)20-25(29-30)23-14-12-22(13-15-23)21-8-4-3-5-9-21/h3-15,20,26,29H,16-19H2,1-2H3/q+1/t26-/m0/s1. The highest BCUT2D eigenvalue weighted by atomic mass is 16.5. The van der Waals surface area contributed by atoms with Gasteiger partial charge in [-0.05, 0) is 28.8 Å². The third kappa shape index (κ3) is 3.22. The number of ether oxygens (including phenoxy) is 1. The lowest BCUT2D eigenvalue weighted by atomic mass is 9.92. The van der Waals surface area contributed by atoms with Crippen LogP contribution in [0.5, 0.6) is 5.75 Å². The van der Waals surface area contributed by atoms with Crippen molar-refractivity contribution in [2.24, 2.45) is 0 Å². The fraction of sp³-hybridized carbons (Fsp3) is 0.286. The van der Waals surface area contributed by atoms with E-state index in [-0.39, 0.29) is 11.8 Å². The fourth-order valence-corrected chi connectivity index (χ4v) is 5.29. The first-order valence-corrected chi connectivity index (χ1v) is 11.6. The van der Waals surface area contributed by atoms with Crippen molar-refractivity contribution >= 4 is 5.70 Å². The Kier molecular flexibility index (Phi) is 4.42. The molecule has 162 valence electrons. The molecule has 3 aliphatic heterocycles. The van der Waals surface area contributed by atoms with Crippen LogP contribution < -0.4 is 10.2 Å². The van der Waals surface area contributed by atoms with Gasteiger partial charge in [0.05, 0.1) is 51.8 Å². The summed E-state index contributed by atoms with van der Waals surface area (Å²) >= 11 is 0. The Morgan fingerprint density at radius 1 is 0.812 bits per heavy atom. The molecule has 0 amide bonds. The molecule has 1 atom stereocenters. The van der Waals surface area contributed by atoms with Crippen LogP contribution in [-0.2, 0) is 0 Å². The van der Waals surface area contributed by atoms with E-state index in [1.807, 2.05) is 0 Å². The molecular weight excluding hydrogens is 394 g/mol. The van der Waals surface area contributed by atoms with Crippen molar-refractivity contribution < 1.29 is 9.22 Å². The molecule has 0 bridgehead atoms. The van der Waals surface area contributed by atoms with Gasteiger partial charge in [-0.1, -0.05) is 72.8 Å². The lowest BCUT2D eigenvalue weighted by Gasteiger charge is -2.52. The van der Waals surface area contributed by atoms with Crippen molar-refractivity contribution in [1.29, 1.82) is 0 Å². The van der Waals surface area contributed by atoms with Crippen molar-refractivity contribution in [3.8, 4) is 16.9 Å². The van der Waals surface area contributed by atoms with Gasteiger partial charge in [-0.25, -0.2) is 0 Å². The number of hydrogen-bond acceptors (Lipinski definition) is 3. The molecule has 0 saturated carbocycles. The lowest BCUT2D eigenvalue weighted by molar-refractivity contribution is -0.898. The Balaban J connectivity index is 1.34. The molecule has 3 aromatic carbocycles. The summed E-state index contributed by atoms with van der Waals surface area (Å²) in [6, 6.07) is 28.1. The monoisotopic (exact) mass is 424 g/mol. The van der Waals surface area contributed by atoms with E-state index in [2.05, 4.69) is 109 Å². The van der Waals surface area contributed by atoms with Gasteiger partial charge in [0.2, 0.25) is 0 Å². The molecule has 0 unspecified atom stereocenters. The van der Waals surface area contributed by atoms with E-state index in [0.717, 1.165) is 41.9 Å². The van der Waals surface area contributed by atoms with E-state index in [1.165, 1.54) is 22.3 Å². The van der Waals surface area contributed by atoms with Crippen LogP contribution in [0.2, 0.25) is 0 Å². The highest BCUT2D eigenvalue weighted by Crippen LogP contribution is 2.48. The molecule has 0 aromatic heterocycles. The average molecular weight is 425 g/mol. The Bertz CT molecular complexity index is 1160. The second-order valence-corrected chi connectivity index (χ2v) is 9.92. The number of hydrazine groups is 1. The minimum Gasteiger partial charge on any atom is -0.470 e. The number of fused-ring (bicyclic) bond motifs is 4. The highest BCUT2D eigenvalue weighted by Gasteiger charge is 2.53. The molecule has 4 nitrogen and oxygen atoms in total. The zero-order chi connectivity index (χ0) is 21.8. The van der Waals surface area contributed by atoms with E-state index in [9.17, 15) is 0 Å². The largest absolute Gasteiger partial charge is 0.470 e. The smallest absolute Gasteiger partial charge is 0.191 e. The van der Waals surface area contributed by atoms with Crippen LogP contribution in [0.1, 0.15) is 30.0 Å². The molecule has 6 rings (SSSR count). The molecule has 1 spiro atoms. The molecular formula is C28H30N3O+. The summed E-state index contributed by atoms with van der Waals surface area (Å²) in [6.07, 6.45) is 4.38. The Hall–Kier alpha value is -3.08. The van der Waals surface area contributed by atoms with Gasteiger partial charge < -0.3 is 14.6 Å². The number of quaternary nitrogens is 1. The van der Waals surface area contributed by atoms with Crippen LogP contribution in [0.4, 0.5) is 0 Å². The molecule has 1 N–H and O–H groups in total. The number of para-hydroxylation sites is 1. The first kappa shape index (κ1) is 19.6. The van der Waals surface area contributed by atoms with Crippen LogP contribution >= 0.6 is 0 Å². The van der Waals surface area contributed by atoms with Crippen LogP contribution in [0.25, 0.3) is 16.8 Å². The van der Waals surface area contributed by atoms with Gasteiger partial charge in [0.1, 0.15) is 5.75 Å².